The van der Waals surface area contributed by atoms with Crippen molar-refractivity contribution < 1.29 is 8.42 Å². The molecule has 1 N–H and O–H groups in total. The summed E-state index contributed by atoms with van der Waals surface area (Å²) < 4.78 is 23.4. The Bertz CT molecular complexity index is 611. The maximum Gasteiger partial charge on any atom is 0.194 e. The van der Waals surface area contributed by atoms with Crippen molar-refractivity contribution in [2.45, 2.75) is 51.0 Å². The number of guanidine groups is 1. The third-order valence-corrected chi connectivity index (χ3v) is 8.12. The summed E-state index contributed by atoms with van der Waals surface area (Å²) in [4.78, 5) is 9.94. The van der Waals surface area contributed by atoms with Crippen LogP contribution >= 0.6 is 0 Å². The van der Waals surface area contributed by atoms with E-state index in [9.17, 15) is 8.42 Å². The van der Waals surface area contributed by atoms with Crippen LogP contribution in [0.2, 0.25) is 0 Å². The van der Waals surface area contributed by atoms with E-state index >= 15 is 0 Å². The van der Waals surface area contributed by atoms with E-state index in [1.54, 1.807) is 0 Å². The summed E-state index contributed by atoms with van der Waals surface area (Å²) in [7, 11) is -2.81. The molecular weight excluding hydrogens is 348 g/mol. The molecule has 1 aliphatic carbocycles. The van der Waals surface area contributed by atoms with Crippen molar-refractivity contribution in [2.24, 2.45) is 16.8 Å². The fourth-order valence-electron chi connectivity index (χ4n) is 4.56. The molecule has 3 saturated heterocycles. The lowest BCUT2D eigenvalue weighted by Gasteiger charge is -2.29. The Kier molecular flexibility index (Phi) is 5.74. The molecule has 2 unspecified atom stereocenters. The van der Waals surface area contributed by atoms with E-state index in [2.05, 4.69) is 15.1 Å². The van der Waals surface area contributed by atoms with E-state index in [4.69, 9.17) is 4.99 Å². The Hall–Kier alpha value is -0.820. The van der Waals surface area contributed by atoms with Gasteiger partial charge in [0.1, 0.15) is 0 Å². The molecule has 6 nitrogen and oxygen atoms in total. The number of likely N-dealkylation sites (tertiary alicyclic amines) is 2. The lowest BCUT2D eigenvalue weighted by molar-refractivity contribution is 0.198. The smallest absolute Gasteiger partial charge is 0.194 e. The van der Waals surface area contributed by atoms with Gasteiger partial charge in [-0.1, -0.05) is 6.42 Å². The summed E-state index contributed by atoms with van der Waals surface area (Å²) in [5.41, 5.74) is 0. The topological polar surface area (TPSA) is 65.0 Å². The number of sulfone groups is 1. The van der Waals surface area contributed by atoms with Gasteiger partial charge in [0.15, 0.2) is 15.8 Å². The Labute approximate surface area is 158 Å². The number of nitrogens with zero attached hydrogens (tertiary/aromatic N) is 3. The van der Waals surface area contributed by atoms with Gasteiger partial charge in [0, 0.05) is 32.2 Å². The highest BCUT2D eigenvalue weighted by molar-refractivity contribution is 7.91. The van der Waals surface area contributed by atoms with Crippen LogP contribution in [0.15, 0.2) is 4.99 Å². The van der Waals surface area contributed by atoms with Crippen LogP contribution < -0.4 is 5.32 Å². The molecule has 0 aromatic carbocycles. The molecule has 4 aliphatic rings. The summed E-state index contributed by atoms with van der Waals surface area (Å²) in [6.45, 7) is 6.61. The molecule has 4 fully saturated rings. The highest BCUT2D eigenvalue weighted by Crippen LogP contribution is 2.24. The number of hydrogen-bond acceptors (Lipinski definition) is 4. The van der Waals surface area contributed by atoms with Gasteiger partial charge < -0.3 is 15.1 Å². The molecule has 0 aromatic heterocycles. The average molecular weight is 383 g/mol. The van der Waals surface area contributed by atoms with E-state index in [0.29, 0.717) is 24.1 Å². The maximum atomic E-state index is 11.7. The largest absolute Gasteiger partial charge is 0.354 e. The summed E-state index contributed by atoms with van der Waals surface area (Å²) in [5, 5.41) is 3.61. The minimum Gasteiger partial charge on any atom is -0.354 e. The van der Waals surface area contributed by atoms with Crippen molar-refractivity contribution in [1.82, 2.24) is 15.1 Å². The maximum absolute atomic E-state index is 11.7. The molecular formula is C19H34N4O2S. The Morgan fingerprint density at radius 3 is 2.50 bits per heavy atom. The summed E-state index contributed by atoms with van der Waals surface area (Å²) in [5.74, 6) is 2.66. The monoisotopic (exact) mass is 382 g/mol. The van der Waals surface area contributed by atoms with Crippen LogP contribution in [0.4, 0.5) is 0 Å². The van der Waals surface area contributed by atoms with Crippen molar-refractivity contribution in [3.63, 3.8) is 0 Å². The summed E-state index contributed by atoms with van der Waals surface area (Å²) in [6, 6.07) is 0.585. The molecule has 0 amide bonds. The first-order valence-electron chi connectivity index (χ1n) is 10.6. The van der Waals surface area contributed by atoms with Gasteiger partial charge in [-0.05, 0) is 63.5 Å². The zero-order valence-electron chi connectivity index (χ0n) is 15.9. The summed E-state index contributed by atoms with van der Waals surface area (Å²) >= 11 is 0. The summed E-state index contributed by atoms with van der Waals surface area (Å²) in [6.07, 6.45) is 8.61. The van der Waals surface area contributed by atoms with Gasteiger partial charge in [0.05, 0.1) is 11.5 Å². The molecule has 4 rings (SSSR count). The minimum atomic E-state index is -2.81. The fraction of sp³-hybridized carbons (Fsp3) is 0.947. The van der Waals surface area contributed by atoms with Crippen LogP contribution in [-0.2, 0) is 9.84 Å². The molecule has 0 spiro atoms. The molecule has 0 bridgehead atoms. The molecule has 1 saturated carbocycles. The Morgan fingerprint density at radius 1 is 1.00 bits per heavy atom. The highest BCUT2D eigenvalue weighted by atomic mass is 32.2. The van der Waals surface area contributed by atoms with Crippen LogP contribution in [0.3, 0.4) is 0 Å². The second-order valence-electron chi connectivity index (χ2n) is 8.81. The predicted molar refractivity (Wildman–Crippen MR) is 105 cm³/mol. The first-order chi connectivity index (χ1) is 12.6. The number of rotatable bonds is 5. The molecule has 7 heteroatoms. The van der Waals surface area contributed by atoms with Gasteiger partial charge in [-0.2, -0.15) is 0 Å². The molecule has 148 valence electrons. The second-order valence-corrected chi connectivity index (χ2v) is 11.0. The van der Waals surface area contributed by atoms with Crippen molar-refractivity contribution in [1.29, 1.82) is 0 Å². The zero-order valence-corrected chi connectivity index (χ0v) is 16.7. The van der Waals surface area contributed by atoms with Crippen molar-refractivity contribution >= 4 is 15.8 Å². The van der Waals surface area contributed by atoms with Crippen LogP contribution in [0.1, 0.15) is 44.9 Å². The number of piperidine rings is 1. The second kappa shape index (κ2) is 8.05. The van der Waals surface area contributed by atoms with Gasteiger partial charge in [-0.15, -0.1) is 0 Å². The predicted octanol–water partition coefficient (Wildman–Crippen LogP) is 1.34. The highest BCUT2D eigenvalue weighted by Gasteiger charge is 2.32. The lowest BCUT2D eigenvalue weighted by atomic mass is 10.1. The fourth-order valence-corrected chi connectivity index (χ4v) is 6.41. The van der Waals surface area contributed by atoms with Gasteiger partial charge in [0.25, 0.3) is 0 Å². The first kappa shape index (κ1) is 18.5. The van der Waals surface area contributed by atoms with Crippen molar-refractivity contribution in [3.8, 4) is 0 Å². The Morgan fingerprint density at radius 2 is 1.81 bits per heavy atom. The number of nitrogens with one attached hydrogen (secondary N) is 1. The van der Waals surface area contributed by atoms with E-state index < -0.39 is 9.84 Å². The van der Waals surface area contributed by atoms with Crippen LogP contribution in [0, 0.1) is 11.8 Å². The minimum absolute atomic E-state index is 0.211. The third kappa shape index (κ3) is 5.12. The van der Waals surface area contributed by atoms with E-state index in [0.717, 1.165) is 31.4 Å². The van der Waals surface area contributed by atoms with Crippen LogP contribution in [0.25, 0.3) is 0 Å². The van der Waals surface area contributed by atoms with Gasteiger partial charge >= 0.3 is 0 Å². The van der Waals surface area contributed by atoms with E-state index in [1.165, 1.54) is 58.2 Å². The third-order valence-electron chi connectivity index (χ3n) is 6.29. The lowest BCUT2D eigenvalue weighted by Crippen LogP contribution is -2.42. The molecule has 0 radical (unpaired) electrons. The van der Waals surface area contributed by atoms with E-state index in [1.807, 2.05) is 0 Å². The SMILES string of the molecule is O=S1(=O)CCC(CN=C(NC2CC2)N2CCC(CN3CCCCC3)C2)C1. The normalized spacial score (nSPS) is 32.9. The zero-order chi connectivity index (χ0) is 18.0. The van der Waals surface area contributed by atoms with Crippen LogP contribution in [0.5, 0.6) is 0 Å². The van der Waals surface area contributed by atoms with Crippen molar-refractivity contribution in [2.75, 3.05) is 50.8 Å². The van der Waals surface area contributed by atoms with Crippen molar-refractivity contribution in [3.05, 3.63) is 0 Å². The number of aliphatic imine (C=N–C) groups is 1. The first-order valence-corrected chi connectivity index (χ1v) is 12.4. The molecule has 3 heterocycles. The number of hydrogen-bond donors (Lipinski definition) is 1. The molecule has 26 heavy (non-hydrogen) atoms. The van der Waals surface area contributed by atoms with Gasteiger partial charge in [-0.3, -0.25) is 4.99 Å². The Balaban J connectivity index is 1.32. The van der Waals surface area contributed by atoms with Crippen LogP contribution in [-0.4, -0.2) is 81.0 Å². The quantitative estimate of drug-likeness (QED) is 0.574. The molecule has 3 aliphatic heterocycles. The standard InChI is InChI=1S/C19H34N4O2S/c24-26(25)11-7-16(15-26)12-20-19(21-18-4-5-18)23-10-6-17(14-23)13-22-8-2-1-3-9-22/h16-18H,1-15H2,(H,20,21). The average Bonchev–Trinajstić information content (AvgIpc) is 3.21. The van der Waals surface area contributed by atoms with Gasteiger partial charge in [-0.25, -0.2) is 8.42 Å². The molecule has 2 atom stereocenters. The van der Waals surface area contributed by atoms with E-state index in [-0.39, 0.29) is 5.92 Å². The van der Waals surface area contributed by atoms with Gasteiger partial charge in [0.2, 0.25) is 0 Å². The molecule has 0 aromatic rings.